The molecule has 0 saturated carbocycles. The van der Waals surface area contributed by atoms with Gasteiger partial charge in [-0.15, -0.1) is 0 Å². The lowest BCUT2D eigenvalue weighted by molar-refractivity contribution is 0.418. The molecular formula is C107H80BrNO2. The fourth-order valence-corrected chi connectivity index (χ4v) is 16.3. The molecule has 2 aliphatic rings. The van der Waals surface area contributed by atoms with E-state index in [2.05, 4.69) is 431 Å². The Balaban J connectivity index is 0.000000130. The molecule has 2 heterocycles. The minimum atomic E-state index is -0.172. The fraction of sp³-hybridized carbons (Fsp3) is 0.0654. The van der Waals surface area contributed by atoms with Crippen LogP contribution in [0.1, 0.15) is 61.1 Å². The molecule has 3 nitrogen and oxygen atoms in total. The molecule has 0 aliphatic carbocycles. The normalized spacial score (nSPS) is 12.7. The Morgan fingerprint density at radius 3 is 0.766 bits per heavy atom. The zero-order valence-electron chi connectivity index (χ0n) is 62.5. The standard InChI is InChI=1S/C53H39NO.C33H24.C21H17BrO/c1-53(2)49-13-7-8-14-51(49)55-52-32-25-45(35-50(52)53)40-23-30-48(31-24-40)54(46-26-19-38(20-27-46)43-17-15-36-9-3-5-11-41(36)33-43)47-28-21-39(22-29-47)44-18-16-37-10-4-6-12-42(37)34-44;1-3-7-30-22-32(19-17-26(30)5-1)28-13-9-24(10-14-28)21-25-11-15-29(16-12-25)33-20-18-27-6-2-4-8-31(27)23-33;1-21(2)17-5-3-4-6-19(17)23-20-12-9-15(13-18(20)21)14-7-10-16(22)11-8-14/h3-35H,1-2H3;1-20,22-23H,21H2;3-13H,1-2H3. The first-order valence-corrected chi connectivity index (χ1v) is 39.0. The van der Waals surface area contributed by atoms with E-state index in [9.17, 15) is 0 Å². The number of benzene rings is 18. The third-order valence-electron chi connectivity index (χ3n) is 22.4. The molecule has 0 atom stereocenters. The van der Waals surface area contributed by atoms with Gasteiger partial charge in [0.05, 0.1) is 0 Å². The Kier molecular flexibility index (Phi) is 18.7. The first kappa shape index (κ1) is 69.6. The van der Waals surface area contributed by atoms with E-state index in [0.29, 0.717) is 0 Å². The van der Waals surface area contributed by atoms with Crippen molar-refractivity contribution < 1.29 is 9.47 Å². The lowest BCUT2D eigenvalue weighted by Gasteiger charge is -2.34. The molecule has 0 aromatic heterocycles. The van der Waals surface area contributed by atoms with E-state index < -0.39 is 0 Å². The molecule has 20 rings (SSSR count). The van der Waals surface area contributed by atoms with Crippen molar-refractivity contribution in [2.75, 3.05) is 4.90 Å². The maximum Gasteiger partial charge on any atom is 0.131 e. The van der Waals surface area contributed by atoms with E-state index in [1.165, 1.54) is 143 Å². The van der Waals surface area contributed by atoms with Crippen LogP contribution in [0.25, 0.3) is 110 Å². The number of rotatable bonds is 11. The van der Waals surface area contributed by atoms with Crippen molar-refractivity contribution in [1.82, 2.24) is 0 Å². The van der Waals surface area contributed by atoms with Gasteiger partial charge in [-0.05, 0) is 237 Å². The van der Waals surface area contributed by atoms with Crippen LogP contribution in [-0.4, -0.2) is 0 Å². The van der Waals surface area contributed by atoms with Crippen LogP contribution in [0.3, 0.4) is 0 Å². The minimum Gasteiger partial charge on any atom is -0.457 e. The summed E-state index contributed by atoms with van der Waals surface area (Å²) in [6.07, 6.45) is 0.940. The van der Waals surface area contributed by atoms with Crippen molar-refractivity contribution in [2.45, 2.75) is 44.9 Å². The number of halogens is 1. The lowest BCUT2D eigenvalue weighted by Crippen LogP contribution is -2.24. The Morgan fingerprint density at radius 2 is 0.450 bits per heavy atom. The molecule has 4 heteroatoms. The monoisotopic (exact) mass is 1490 g/mol. The molecular weight excluding hydrogens is 1410 g/mol. The van der Waals surface area contributed by atoms with Crippen molar-refractivity contribution in [1.29, 1.82) is 0 Å². The number of hydrogen-bond acceptors (Lipinski definition) is 3. The van der Waals surface area contributed by atoms with E-state index in [-0.39, 0.29) is 10.8 Å². The van der Waals surface area contributed by atoms with Crippen molar-refractivity contribution in [3.05, 3.63) is 438 Å². The molecule has 0 radical (unpaired) electrons. The molecule has 532 valence electrons. The number of nitrogens with zero attached hydrogens (tertiary/aromatic N) is 1. The van der Waals surface area contributed by atoms with E-state index in [1.54, 1.807) is 0 Å². The van der Waals surface area contributed by atoms with E-state index in [4.69, 9.17) is 9.47 Å². The summed E-state index contributed by atoms with van der Waals surface area (Å²) in [5.41, 5.74) is 25.2. The number of fused-ring (bicyclic) bond motifs is 8. The van der Waals surface area contributed by atoms with Crippen molar-refractivity contribution >= 4 is 76.1 Å². The summed E-state index contributed by atoms with van der Waals surface area (Å²) in [5.74, 6) is 3.78. The van der Waals surface area contributed by atoms with Crippen molar-refractivity contribution in [2.24, 2.45) is 0 Å². The molecule has 111 heavy (non-hydrogen) atoms. The van der Waals surface area contributed by atoms with Gasteiger partial charge < -0.3 is 14.4 Å². The molecule has 2 aliphatic heterocycles. The molecule has 0 spiro atoms. The van der Waals surface area contributed by atoms with Crippen LogP contribution in [-0.2, 0) is 17.3 Å². The number of ether oxygens (including phenoxy) is 2. The van der Waals surface area contributed by atoms with Gasteiger partial charge in [0.2, 0.25) is 0 Å². The largest absolute Gasteiger partial charge is 0.457 e. The molecule has 0 N–H and O–H groups in total. The second-order valence-corrected chi connectivity index (χ2v) is 31.1. The summed E-state index contributed by atoms with van der Waals surface area (Å²) in [6.45, 7) is 9.10. The maximum absolute atomic E-state index is 6.36. The highest BCUT2D eigenvalue weighted by Gasteiger charge is 2.36. The molecule has 0 unspecified atom stereocenters. The van der Waals surface area contributed by atoms with Gasteiger partial charge in [-0.1, -0.05) is 335 Å². The average molecular weight is 1490 g/mol. The third kappa shape index (κ3) is 14.3. The third-order valence-corrected chi connectivity index (χ3v) is 22.9. The Bertz CT molecular complexity index is 6210. The van der Waals surface area contributed by atoms with Crippen LogP contribution in [0.15, 0.2) is 405 Å². The van der Waals surface area contributed by atoms with Crippen molar-refractivity contribution in [3.63, 3.8) is 0 Å². The molecule has 0 saturated heterocycles. The molecule has 0 bridgehead atoms. The zero-order chi connectivity index (χ0) is 75.0. The van der Waals surface area contributed by atoms with Gasteiger partial charge in [-0.3, -0.25) is 0 Å². The fourth-order valence-electron chi connectivity index (χ4n) is 16.1. The van der Waals surface area contributed by atoms with E-state index >= 15 is 0 Å². The first-order valence-electron chi connectivity index (χ1n) is 38.2. The number of para-hydroxylation sites is 2. The van der Waals surface area contributed by atoms with Gasteiger partial charge in [0.25, 0.3) is 0 Å². The molecule has 0 amide bonds. The molecule has 0 fully saturated rings. The summed E-state index contributed by atoms with van der Waals surface area (Å²) >= 11 is 3.49. The van der Waals surface area contributed by atoms with Gasteiger partial charge in [0, 0.05) is 54.6 Å². The van der Waals surface area contributed by atoms with Gasteiger partial charge in [0.1, 0.15) is 23.0 Å². The number of hydrogen-bond donors (Lipinski definition) is 0. The van der Waals surface area contributed by atoms with Crippen LogP contribution in [0.2, 0.25) is 0 Å². The van der Waals surface area contributed by atoms with Crippen LogP contribution in [0.5, 0.6) is 23.0 Å². The highest BCUT2D eigenvalue weighted by molar-refractivity contribution is 9.10. The SMILES string of the molecule is CC1(C)c2ccccc2Oc2ccc(-c3ccc(Br)cc3)cc21.CC1(C)c2ccccc2Oc2ccc(-c3ccc(N(c4ccc(-c5ccc6ccccc6c5)cc4)c4ccc(-c5ccc6ccccc6c5)cc4)cc3)cc21.c1ccc2cc(-c3ccc(Cc4ccc(-c5ccc6ccccc6c5)cc4)cc3)ccc2c1. The molecule has 18 aromatic rings. The topological polar surface area (TPSA) is 21.7 Å². The predicted octanol–water partition coefficient (Wildman–Crippen LogP) is 30.4. The highest BCUT2D eigenvalue weighted by Crippen LogP contribution is 2.51. The highest BCUT2D eigenvalue weighted by atomic mass is 79.9. The Hall–Kier alpha value is -13.1. The predicted molar refractivity (Wildman–Crippen MR) is 471 cm³/mol. The molecule has 18 aromatic carbocycles. The van der Waals surface area contributed by atoms with Gasteiger partial charge >= 0.3 is 0 Å². The smallest absolute Gasteiger partial charge is 0.131 e. The lowest BCUT2D eigenvalue weighted by atomic mass is 9.75. The van der Waals surface area contributed by atoms with Gasteiger partial charge in [-0.2, -0.15) is 0 Å². The summed E-state index contributed by atoms with van der Waals surface area (Å²) in [6, 6.07) is 144. The number of anilines is 3. The van der Waals surface area contributed by atoms with Gasteiger partial charge in [0.15, 0.2) is 0 Å². The minimum absolute atomic E-state index is 0.0739. The Morgan fingerprint density at radius 1 is 0.216 bits per heavy atom. The Labute approximate surface area is 658 Å². The average Bonchev–Trinajstić information content (AvgIpc) is 0.752. The second kappa shape index (κ2) is 29.8. The quantitative estimate of drug-likeness (QED) is 0.129. The zero-order valence-corrected chi connectivity index (χ0v) is 64.0. The van der Waals surface area contributed by atoms with Crippen LogP contribution in [0.4, 0.5) is 17.1 Å². The summed E-state index contributed by atoms with van der Waals surface area (Å²) in [7, 11) is 0. The van der Waals surface area contributed by atoms with Crippen LogP contribution < -0.4 is 14.4 Å². The summed E-state index contributed by atoms with van der Waals surface area (Å²) in [4.78, 5) is 2.35. The van der Waals surface area contributed by atoms with E-state index in [1.807, 2.05) is 18.2 Å². The van der Waals surface area contributed by atoms with Crippen molar-refractivity contribution in [3.8, 4) is 89.8 Å². The second-order valence-electron chi connectivity index (χ2n) is 30.2. The van der Waals surface area contributed by atoms with E-state index in [0.717, 1.165) is 51.0 Å². The van der Waals surface area contributed by atoms with Crippen LogP contribution in [0, 0.1) is 0 Å². The maximum atomic E-state index is 6.36. The van der Waals surface area contributed by atoms with Gasteiger partial charge in [-0.25, -0.2) is 0 Å². The summed E-state index contributed by atoms with van der Waals surface area (Å²) in [5, 5.41) is 10.1. The first-order chi connectivity index (χ1) is 54.3. The summed E-state index contributed by atoms with van der Waals surface area (Å²) < 4.78 is 13.6. The van der Waals surface area contributed by atoms with Crippen LogP contribution >= 0.6 is 15.9 Å².